The maximum atomic E-state index is 3.62. The third-order valence-electron chi connectivity index (χ3n) is 11.9. The Morgan fingerprint density at radius 2 is 0.534 bits per heavy atom. The molecule has 6 aromatic carbocycles. The van der Waals surface area contributed by atoms with Crippen LogP contribution in [0.15, 0.2) is 127 Å². The molecule has 6 rings (SSSR count). The first-order chi connectivity index (χ1) is 39.6. The van der Waals surface area contributed by atoms with E-state index in [-0.39, 0.29) is 44.3 Å². The van der Waals surface area contributed by atoms with Gasteiger partial charge in [0.1, 0.15) is 0 Å². The van der Waals surface area contributed by atoms with E-state index in [1.165, 1.54) is 50.2 Å². The van der Waals surface area contributed by atoms with Crippen molar-refractivity contribution in [1.29, 1.82) is 0 Å². The second-order valence-electron chi connectivity index (χ2n) is 35.6. The maximum Gasteiger partial charge on any atom is 0.0580 e. The monoisotopic (exact) mass is 1210 g/mol. The molecule has 6 aromatic rings. The SMILES string of the molecule is CC(C)(C)Cc1cccc(NC(C)(C)C)c1.CC(C)(C)Nc1ccc(NC(C)(C)C)cc1.CC(C)(C)Nc1cccc2c(NC(C)(C)C)cccc12.CC(C)(C)Nc1ccccc1NC(C)(C)C.CC(C)Cc1cc(CC(C)(C)C)cc(NC(C)(C)C)c1. The Morgan fingerprint density at radius 3 is 0.875 bits per heavy atom. The van der Waals surface area contributed by atoms with Crippen molar-refractivity contribution in [1.82, 2.24) is 0 Å². The van der Waals surface area contributed by atoms with E-state index in [2.05, 4.69) is 391 Å². The highest BCUT2D eigenvalue weighted by molar-refractivity contribution is 6.01. The van der Waals surface area contributed by atoms with Crippen molar-refractivity contribution in [2.24, 2.45) is 16.7 Å². The van der Waals surface area contributed by atoms with Crippen LogP contribution >= 0.6 is 0 Å². The predicted octanol–water partition coefficient (Wildman–Crippen LogP) is 23.6. The normalized spacial score (nSPS) is 12.6. The molecule has 0 spiro atoms. The maximum absolute atomic E-state index is 3.62. The summed E-state index contributed by atoms with van der Waals surface area (Å²) in [5.74, 6) is 0.697. The van der Waals surface area contributed by atoms with E-state index in [0.717, 1.165) is 42.0 Å². The fourth-order valence-electron chi connectivity index (χ4n) is 9.72. The molecule has 0 aliphatic rings. The molecule has 0 aliphatic carbocycles. The van der Waals surface area contributed by atoms with Crippen molar-refractivity contribution in [3.05, 3.63) is 144 Å². The lowest BCUT2D eigenvalue weighted by Crippen LogP contribution is -2.30. The molecule has 0 fully saturated rings. The van der Waals surface area contributed by atoms with Crippen LogP contribution in [0.1, 0.15) is 238 Å². The molecule has 0 bridgehead atoms. The highest BCUT2D eigenvalue weighted by Crippen LogP contribution is 2.33. The molecule has 0 amide bonds. The number of fused-ring (bicyclic) bond motifs is 1. The summed E-state index contributed by atoms with van der Waals surface area (Å²) in [6.45, 7) is 70.6. The van der Waals surface area contributed by atoms with Gasteiger partial charge in [-0.3, -0.25) is 0 Å². The van der Waals surface area contributed by atoms with Crippen LogP contribution < -0.4 is 42.5 Å². The topological polar surface area (TPSA) is 96.2 Å². The van der Waals surface area contributed by atoms with Gasteiger partial charge in [-0.25, -0.2) is 0 Å². The zero-order chi connectivity index (χ0) is 67.7. The van der Waals surface area contributed by atoms with Gasteiger partial charge in [0.2, 0.25) is 0 Å². The van der Waals surface area contributed by atoms with Gasteiger partial charge in [-0.1, -0.05) is 110 Å². The molecule has 0 saturated heterocycles. The number of hydrogen-bond donors (Lipinski definition) is 8. The third kappa shape index (κ3) is 37.7. The van der Waals surface area contributed by atoms with Crippen molar-refractivity contribution in [2.45, 2.75) is 285 Å². The van der Waals surface area contributed by atoms with E-state index in [9.17, 15) is 0 Å². The number of rotatable bonds is 12. The number of hydrogen-bond acceptors (Lipinski definition) is 8. The molecular formula is C80H132N8. The van der Waals surface area contributed by atoms with Gasteiger partial charge < -0.3 is 42.5 Å². The van der Waals surface area contributed by atoms with Crippen LogP contribution in [0.25, 0.3) is 10.8 Å². The number of nitrogens with one attached hydrogen (secondary N) is 8. The Labute approximate surface area is 542 Å². The average molecular weight is 1210 g/mol. The first-order valence-electron chi connectivity index (χ1n) is 32.8. The standard InChI is InChI=1S/C19H33N.C18H26N2.C15H25N.2C14H24N2/c1-14(2)9-15-10-16(13-18(3,4)5)12-17(11-15)20-19(6,7)8;1-17(2,3)19-15-11-7-10-14-13(15)9-8-12-16(14)20-18(4,5)6;1-14(2,3)11-12-8-7-9-13(10-12)16-15(4,5)6;1-13(2,3)15-11-7-9-12(10-8-11)16-14(4,5)6;1-13(2,3)15-11-9-7-8-10-12(11)16-14(4,5)6/h10-12,14,20H,9,13H2,1-8H3;7-12,19-20H,1-6H3;7-10,16H,11H2,1-6H3;2*7-10,15-16H,1-6H3. The van der Waals surface area contributed by atoms with Gasteiger partial charge in [-0.05, 0) is 292 Å². The third-order valence-corrected chi connectivity index (χ3v) is 11.9. The van der Waals surface area contributed by atoms with Gasteiger partial charge in [0.05, 0.1) is 11.4 Å². The summed E-state index contributed by atoms with van der Waals surface area (Å²) in [4.78, 5) is 0. The Hall–Kier alpha value is -6.02. The van der Waals surface area contributed by atoms with Gasteiger partial charge in [-0.2, -0.15) is 0 Å². The zero-order valence-electron chi connectivity index (χ0n) is 62.3. The van der Waals surface area contributed by atoms with Gasteiger partial charge in [0, 0.05) is 89.2 Å². The summed E-state index contributed by atoms with van der Waals surface area (Å²) in [5.41, 5.74) is 15.2. The van der Waals surface area contributed by atoms with E-state index < -0.39 is 0 Å². The van der Waals surface area contributed by atoms with Gasteiger partial charge >= 0.3 is 0 Å². The lowest BCUT2D eigenvalue weighted by molar-refractivity contribution is 0.411. The lowest BCUT2D eigenvalue weighted by Gasteiger charge is -2.28. The zero-order valence-corrected chi connectivity index (χ0v) is 62.3. The predicted molar refractivity (Wildman–Crippen MR) is 402 cm³/mol. The van der Waals surface area contributed by atoms with Crippen molar-refractivity contribution in [3.63, 3.8) is 0 Å². The molecule has 0 atom stereocenters. The smallest absolute Gasteiger partial charge is 0.0580 e. The molecule has 8 nitrogen and oxygen atoms in total. The van der Waals surface area contributed by atoms with E-state index in [0.29, 0.717) is 16.7 Å². The number of anilines is 8. The number of para-hydroxylation sites is 2. The highest BCUT2D eigenvalue weighted by Gasteiger charge is 2.20. The summed E-state index contributed by atoms with van der Waals surface area (Å²) in [7, 11) is 0. The Kier molecular flexibility index (Phi) is 28.1. The summed E-state index contributed by atoms with van der Waals surface area (Å²) in [5, 5.41) is 30.7. The Bertz CT molecular complexity index is 2790. The molecule has 88 heavy (non-hydrogen) atoms. The molecule has 8 N–H and O–H groups in total. The molecule has 0 aromatic heterocycles. The fraction of sp³-hybridized carbons (Fsp3) is 0.575. The Balaban J connectivity index is 0.000000377. The van der Waals surface area contributed by atoms with Crippen molar-refractivity contribution < 1.29 is 0 Å². The summed E-state index contributed by atoms with van der Waals surface area (Å²) in [6.07, 6.45) is 3.39. The van der Waals surface area contributed by atoms with Crippen molar-refractivity contribution in [2.75, 3.05) is 42.5 Å². The van der Waals surface area contributed by atoms with Crippen molar-refractivity contribution >= 4 is 56.3 Å². The van der Waals surface area contributed by atoms with Crippen LogP contribution in [0.5, 0.6) is 0 Å². The van der Waals surface area contributed by atoms with Crippen LogP contribution in [-0.2, 0) is 19.3 Å². The summed E-state index contributed by atoms with van der Waals surface area (Å²) >= 11 is 0. The molecule has 0 radical (unpaired) electrons. The minimum absolute atomic E-state index is 0.0573. The second-order valence-corrected chi connectivity index (χ2v) is 35.6. The second kappa shape index (κ2) is 31.6. The van der Waals surface area contributed by atoms with E-state index in [4.69, 9.17) is 0 Å². The first kappa shape index (κ1) is 78.1. The number of benzene rings is 6. The van der Waals surface area contributed by atoms with Gasteiger partial charge in [0.15, 0.2) is 0 Å². The molecule has 0 heterocycles. The molecule has 8 heteroatoms. The van der Waals surface area contributed by atoms with Crippen LogP contribution in [0.4, 0.5) is 45.5 Å². The van der Waals surface area contributed by atoms with Gasteiger partial charge in [0.25, 0.3) is 0 Å². The van der Waals surface area contributed by atoms with Crippen LogP contribution in [0, 0.1) is 16.7 Å². The van der Waals surface area contributed by atoms with E-state index in [1.807, 2.05) is 0 Å². The molecule has 0 saturated carbocycles. The first-order valence-corrected chi connectivity index (χ1v) is 32.8. The van der Waals surface area contributed by atoms with Gasteiger partial charge in [-0.15, -0.1) is 0 Å². The summed E-state index contributed by atoms with van der Waals surface area (Å²) in [6, 6.07) is 45.4. The molecular weight excluding hydrogens is 1070 g/mol. The lowest BCUT2D eigenvalue weighted by atomic mass is 9.86. The molecule has 0 aliphatic heterocycles. The van der Waals surface area contributed by atoms with E-state index in [1.54, 1.807) is 0 Å². The summed E-state index contributed by atoms with van der Waals surface area (Å²) < 4.78 is 0. The Morgan fingerprint density at radius 1 is 0.250 bits per heavy atom. The molecule has 0 unspecified atom stereocenters. The van der Waals surface area contributed by atoms with Crippen LogP contribution in [0.3, 0.4) is 0 Å². The minimum Gasteiger partial charge on any atom is -0.380 e. The van der Waals surface area contributed by atoms with Crippen molar-refractivity contribution in [3.8, 4) is 0 Å². The van der Waals surface area contributed by atoms with Crippen LogP contribution in [-0.4, -0.2) is 44.3 Å². The largest absolute Gasteiger partial charge is 0.380 e. The quantitative estimate of drug-likeness (QED) is 0.0614. The molecule has 492 valence electrons. The van der Waals surface area contributed by atoms with Crippen LogP contribution in [0.2, 0.25) is 0 Å². The minimum atomic E-state index is 0.0573. The average Bonchev–Trinajstić information content (AvgIpc) is 2.97. The highest BCUT2D eigenvalue weighted by atomic mass is 15.0. The fourth-order valence-corrected chi connectivity index (χ4v) is 9.72. The van der Waals surface area contributed by atoms with E-state index >= 15 is 0 Å².